The molecule has 8 heteroatoms. The number of piperidine rings is 2. The fourth-order valence-electron chi connectivity index (χ4n) is 3.82. The maximum atomic E-state index is 12.5. The molecule has 0 aromatic rings. The smallest absolute Gasteiger partial charge is 0.307 e. The van der Waals surface area contributed by atoms with Gasteiger partial charge in [-0.1, -0.05) is 0 Å². The summed E-state index contributed by atoms with van der Waals surface area (Å²) < 4.78 is 4.63. The van der Waals surface area contributed by atoms with Crippen molar-refractivity contribution < 1.29 is 19.1 Å². The summed E-state index contributed by atoms with van der Waals surface area (Å²) in [4.78, 5) is 38.1. The van der Waals surface area contributed by atoms with Crippen molar-refractivity contribution in [3.05, 3.63) is 0 Å². The van der Waals surface area contributed by atoms with Gasteiger partial charge in [0.15, 0.2) is 0 Å². The van der Waals surface area contributed by atoms with Crippen LogP contribution in [0.5, 0.6) is 0 Å². The molecule has 27 heavy (non-hydrogen) atoms. The fourth-order valence-corrected chi connectivity index (χ4v) is 3.82. The number of hydrogen-bond donors (Lipinski definition) is 2. The van der Waals surface area contributed by atoms with Crippen LogP contribution < -0.4 is 10.6 Å². The van der Waals surface area contributed by atoms with Crippen LogP contribution in [0.2, 0.25) is 0 Å². The number of rotatable bonds is 7. The van der Waals surface area contributed by atoms with Crippen LogP contribution in [0.3, 0.4) is 0 Å². The van der Waals surface area contributed by atoms with Gasteiger partial charge in [0.1, 0.15) is 0 Å². The van der Waals surface area contributed by atoms with E-state index >= 15 is 0 Å². The summed E-state index contributed by atoms with van der Waals surface area (Å²) in [7, 11) is 1.34. The van der Waals surface area contributed by atoms with Crippen LogP contribution in [-0.2, 0) is 19.1 Å². The third-order valence-electron chi connectivity index (χ3n) is 5.46. The number of esters is 1. The summed E-state index contributed by atoms with van der Waals surface area (Å²) in [5.41, 5.74) is 0. The van der Waals surface area contributed by atoms with Crippen LogP contribution in [-0.4, -0.2) is 62.0 Å². The molecule has 0 aromatic heterocycles. The van der Waals surface area contributed by atoms with Crippen LogP contribution in [0.1, 0.15) is 51.9 Å². The van der Waals surface area contributed by atoms with Crippen molar-refractivity contribution in [2.45, 2.75) is 57.9 Å². The molecule has 2 amide bonds. The third kappa shape index (κ3) is 8.05. The lowest BCUT2D eigenvalue weighted by molar-refractivity contribution is -0.141. The highest BCUT2D eigenvalue weighted by molar-refractivity contribution is 5.85. The van der Waals surface area contributed by atoms with E-state index in [4.69, 9.17) is 0 Å². The summed E-state index contributed by atoms with van der Waals surface area (Å²) in [5, 5.41) is 6.22. The minimum atomic E-state index is -0.337. The number of carbonyl (C=O) groups is 3. The van der Waals surface area contributed by atoms with E-state index in [-0.39, 0.29) is 48.6 Å². The molecule has 0 spiro atoms. The first-order chi connectivity index (χ1) is 12.5. The molecule has 0 saturated carbocycles. The van der Waals surface area contributed by atoms with Crippen LogP contribution in [0.4, 0.5) is 0 Å². The number of ether oxygens (including phenoxy) is 1. The second kappa shape index (κ2) is 12.2. The number of nitrogens with zero attached hydrogens (tertiary/aromatic N) is 1. The van der Waals surface area contributed by atoms with Crippen molar-refractivity contribution in [3.63, 3.8) is 0 Å². The quantitative estimate of drug-likeness (QED) is 0.629. The third-order valence-corrected chi connectivity index (χ3v) is 5.46. The molecule has 7 nitrogen and oxygen atoms in total. The molecule has 0 unspecified atom stereocenters. The Hall–Kier alpha value is -1.34. The highest BCUT2D eigenvalue weighted by Gasteiger charge is 2.29. The van der Waals surface area contributed by atoms with Crippen molar-refractivity contribution in [3.8, 4) is 0 Å². The molecule has 2 saturated heterocycles. The van der Waals surface area contributed by atoms with Crippen molar-refractivity contribution >= 4 is 30.2 Å². The number of nitrogens with one attached hydrogen (secondary N) is 2. The second-order valence-electron chi connectivity index (χ2n) is 7.60. The molecule has 2 rings (SSSR count). The van der Waals surface area contributed by atoms with Crippen molar-refractivity contribution in [2.75, 3.05) is 33.3 Å². The maximum Gasteiger partial charge on any atom is 0.307 e. The predicted molar refractivity (Wildman–Crippen MR) is 106 cm³/mol. The van der Waals surface area contributed by atoms with Crippen LogP contribution >= 0.6 is 12.4 Å². The topological polar surface area (TPSA) is 87.7 Å². The number of carbonyl (C=O) groups excluding carboxylic acids is 3. The van der Waals surface area contributed by atoms with Gasteiger partial charge >= 0.3 is 5.97 Å². The minimum absolute atomic E-state index is 0. The van der Waals surface area contributed by atoms with Gasteiger partial charge < -0.3 is 20.3 Å². The molecule has 2 heterocycles. The van der Waals surface area contributed by atoms with E-state index < -0.39 is 0 Å². The number of amides is 2. The zero-order valence-corrected chi connectivity index (χ0v) is 17.3. The molecule has 2 atom stereocenters. The van der Waals surface area contributed by atoms with Crippen molar-refractivity contribution in [1.29, 1.82) is 0 Å². The standard InChI is InChI=1S/C19H33N3O4.ClH/c1-14(12-18(24)26-2)21-19(25)16-4-3-11-22(13-16)17(23)6-5-15-7-9-20-10-8-15;/h14-16,20H,3-13H2,1-2H3,(H,21,25);1H/t14-,16-;/m1./s1. The lowest BCUT2D eigenvalue weighted by atomic mass is 9.92. The average molecular weight is 404 g/mol. The molecule has 2 N–H and O–H groups in total. The lowest BCUT2D eigenvalue weighted by Gasteiger charge is -2.33. The van der Waals surface area contributed by atoms with E-state index in [2.05, 4.69) is 15.4 Å². The number of hydrogen-bond acceptors (Lipinski definition) is 5. The van der Waals surface area contributed by atoms with Gasteiger partial charge in [-0.25, -0.2) is 0 Å². The zero-order chi connectivity index (χ0) is 18.9. The Balaban J connectivity index is 0.00000364. The summed E-state index contributed by atoms with van der Waals surface area (Å²) in [6, 6.07) is -0.263. The summed E-state index contributed by atoms with van der Waals surface area (Å²) in [6.07, 6.45) is 5.62. The first kappa shape index (κ1) is 23.7. The highest BCUT2D eigenvalue weighted by Crippen LogP contribution is 2.21. The van der Waals surface area contributed by atoms with Gasteiger partial charge in [-0.3, -0.25) is 14.4 Å². The Bertz CT molecular complexity index is 497. The van der Waals surface area contributed by atoms with E-state index in [1.807, 2.05) is 4.90 Å². The van der Waals surface area contributed by atoms with Crippen molar-refractivity contribution in [1.82, 2.24) is 15.5 Å². The lowest BCUT2D eigenvalue weighted by Crippen LogP contribution is -2.47. The number of halogens is 1. The van der Waals surface area contributed by atoms with Crippen molar-refractivity contribution in [2.24, 2.45) is 11.8 Å². The van der Waals surface area contributed by atoms with E-state index in [0.29, 0.717) is 18.9 Å². The van der Waals surface area contributed by atoms with Crippen LogP contribution in [0.15, 0.2) is 0 Å². The first-order valence-corrected chi connectivity index (χ1v) is 9.85. The maximum absolute atomic E-state index is 12.5. The molecule has 0 bridgehead atoms. The number of methoxy groups -OCH3 is 1. The Labute approximate surface area is 168 Å². The van der Waals surface area contributed by atoms with Gasteiger partial charge in [-0.2, -0.15) is 0 Å². The molecule has 0 aliphatic carbocycles. The number of likely N-dealkylation sites (tertiary alicyclic amines) is 1. The molecular formula is C19H34ClN3O4. The molecule has 2 aliphatic rings. The largest absolute Gasteiger partial charge is 0.469 e. The fraction of sp³-hybridized carbons (Fsp3) is 0.842. The molecule has 0 radical (unpaired) electrons. The summed E-state index contributed by atoms with van der Waals surface area (Å²) >= 11 is 0. The first-order valence-electron chi connectivity index (χ1n) is 9.85. The van der Waals surface area contributed by atoms with Crippen LogP contribution in [0.25, 0.3) is 0 Å². The monoisotopic (exact) mass is 403 g/mol. The molecule has 0 aromatic carbocycles. The second-order valence-corrected chi connectivity index (χ2v) is 7.60. The van der Waals surface area contributed by atoms with Gasteiger partial charge in [0, 0.05) is 25.6 Å². The normalized spacial score (nSPS) is 21.7. The van der Waals surface area contributed by atoms with E-state index in [9.17, 15) is 14.4 Å². The Morgan fingerprint density at radius 1 is 1.22 bits per heavy atom. The van der Waals surface area contributed by atoms with Gasteiger partial charge in [0.05, 0.1) is 19.4 Å². The molecule has 2 aliphatic heterocycles. The average Bonchev–Trinajstić information content (AvgIpc) is 2.66. The predicted octanol–water partition coefficient (Wildman–Crippen LogP) is 1.49. The Morgan fingerprint density at radius 3 is 2.59 bits per heavy atom. The summed E-state index contributed by atoms with van der Waals surface area (Å²) in [6.45, 7) is 5.12. The molecule has 2 fully saturated rings. The Morgan fingerprint density at radius 2 is 1.93 bits per heavy atom. The van der Waals surface area contributed by atoms with E-state index in [1.54, 1.807) is 6.92 Å². The Kier molecular flexibility index (Phi) is 10.7. The van der Waals surface area contributed by atoms with E-state index in [0.717, 1.165) is 51.7 Å². The molecular weight excluding hydrogens is 370 g/mol. The SMILES string of the molecule is COC(=O)C[C@@H](C)NC(=O)[C@@H]1CCCN(C(=O)CCC2CCNCC2)C1.Cl. The highest BCUT2D eigenvalue weighted by atomic mass is 35.5. The zero-order valence-electron chi connectivity index (χ0n) is 16.5. The van der Waals surface area contributed by atoms with Gasteiger partial charge in [-0.15, -0.1) is 12.4 Å². The van der Waals surface area contributed by atoms with E-state index in [1.165, 1.54) is 7.11 Å². The van der Waals surface area contributed by atoms with Gasteiger partial charge in [-0.05, 0) is 58.0 Å². The van der Waals surface area contributed by atoms with Gasteiger partial charge in [0.25, 0.3) is 0 Å². The molecule has 156 valence electrons. The summed E-state index contributed by atoms with van der Waals surface area (Å²) in [5.74, 6) is 0.215. The van der Waals surface area contributed by atoms with Crippen LogP contribution in [0, 0.1) is 11.8 Å². The minimum Gasteiger partial charge on any atom is -0.469 e. The van der Waals surface area contributed by atoms with Gasteiger partial charge in [0.2, 0.25) is 11.8 Å².